The van der Waals surface area contributed by atoms with Gasteiger partial charge in [-0.15, -0.1) is 0 Å². The molecule has 1 fully saturated rings. The number of imide groups is 1. The molecule has 3 aromatic rings. The number of nitrogens with zero attached hydrogens (tertiary/aromatic N) is 1. The third kappa shape index (κ3) is 4.96. The maximum atomic E-state index is 13.7. The van der Waals surface area contributed by atoms with E-state index in [1.54, 1.807) is 36.4 Å². The molecule has 1 aliphatic heterocycles. The number of Topliss-reactive ketones (excluding diaryl/α,β-unsaturated/α-hetero) is 1. The fourth-order valence-corrected chi connectivity index (χ4v) is 3.96. The van der Waals surface area contributed by atoms with Gasteiger partial charge in [-0.3, -0.25) is 24.1 Å². The van der Waals surface area contributed by atoms with Gasteiger partial charge in [0.15, 0.2) is 5.78 Å². The average Bonchev–Trinajstić information content (AvgIpc) is 3.36. The molecule has 1 aromatic heterocycles. The molecule has 1 N–H and O–H groups in total. The van der Waals surface area contributed by atoms with Crippen LogP contribution in [0.2, 0.25) is 0 Å². The first-order valence-electron chi connectivity index (χ1n) is 9.93. The van der Waals surface area contributed by atoms with E-state index in [4.69, 9.17) is 4.42 Å². The molecule has 0 saturated carbocycles. The summed E-state index contributed by atoms with van der Waals surface area (Å²) in [7, 11) is 0. The van der Waals surface area contributed by atoms with Crippen molar-refractivity contribution in [2.45, 2.75) is 6.92 Å². The first-order chi connectivity index (χ1) is 16.2. The maximum Gasteiger partial charge on any atom is 0.294 e. The topological polar surface area (TPSA) is 96.7 Å². The van der Waals surface area contributed by atoms with Crippen LogP contribution in [0, 0.1) is 11.6 Å². The molecular weight excluding hydrogens is 466 g/mol. The second-order valence-corrected chi connectivity index (χ2v) is 8.27. The Labute approximate surface area is 196 Å². The third-order valence-corrected chi connectivity index (χ3v) is 5.76. The number of rotatable bonds is 6. The molecular formula is C24H16F2N2O5S. The van der Waals surface area contributed by atoms with Crippen molar-refractivity contribution in [3.8, 4) is 11.3 Å². The summed E-state index contributed by atoms with van der Waals surface area (Å²) in [4.78, 5) is 49.3. The Bertz CT molecular complexity index is 1350. The number of hydrogen-bond acceptors (Lipinski definition) is 6. The zero-order valence-electron chi connectivity index (χ0n) is 17.6. The Morgan fingerprint density at radius 3 is 2.47 bits per heavy atom. The minimum atomic E-state index is -0.980. The Hall–Kier alpha value is -4.05. The number of nitrogens with one attached hydrogen (secondary N) is 1. The van der Waals surface area contributed by atoms with Gasteiger partial charge < -0.3 is 9.73 Å². The number of carbonyl (C=O) groups excluding carboxylic acids is 4. The lowest BCUT2D eigenvalue weighted by Crippen LogP contribution is -2.36. The van der Waals surface area contributed by atoms with Gasteiger partial charge >= 0.3 is 0 Å². The molecule has 1 saturated heterocycles. The van der Waals surface area contributed by atoms with Crippen molar-refractivity contribution in [3.63, 3.8) is 0 Å². The van der Waals surface area contributed by atoms with E-state index in [0.717, 1.165) is 22.6 Å². The molecule has 10 heteroatoms. The van der Waals surface area contributed by atoms with Crippen LogP contribution >= 0.6 is 11.8 Å². The summed E-state index contributed by atoms with van der Waals surface area (Å²) >= 11 is 0.638. The van der Waals surface area contributed by atoms with Crippen LogP contribution in [-0.2, 0) is 9.59 Å². The number of halogens is 2. The number of ketones is 1. The minimum absolute atomic E-state index is 0.0543. The number of amides is 3. The summed E-state index contributed by atoms with van der Waals surface area (Å²) in [6, 6.07) is 12.7. The second kappa shape index (κ2) is 9.44. The highest BCUT2D eigenvalue weighted by molar-refractivity contribution is 8.18. The van der Waals surface area contributed by atoms with Crippen LogP contribution in [0.4, 0.5) is 19.3 Å². The van der Waals surface area contributed by atoms with Gasteiger partial charge in [-0.25, -0.2) is 8.78 Å². The summed E-state index contributed by atoms with van der Waals surface area (Å²) in [6.45, 7) is 0.836. The highest BCUT2D eigenvalue weighted by Gasteiger charge is 2.36. The van der Waals surface area contributed by atoms with E-state index in [-0.39, 0.29) is 16.4 Å². The molecule has 4 rings (SSSR count). The van der Waals surface area contributed by atoms with Crippen molar-refractivity contribution in [3.05, 3.63) is 82.5 Å². The Balaban J connectivity index is 1.44. The summed E-state index contributed by atoms with van der Waals surface area (Å²) in [5.41, 5.74) is 1.02. The highest BCUT2D eigenvalue weighted by atomic mass is 32.2. The predicted octanol–water partition coefficient (Wildman–Crippen LogP) is 5.10. The first-order valence-corrected chi connectivity index (χ1v) is 10.7. The van der Waals surface area contributed by atoms with Crippen LogP contribution < -0.4 is 5.32 Å². The Kier molecular flexibility index (Phi) is 6.42. The molecule has 0 unspecified atom stereocenters. The smallest absolute Gasteiger partial charge is 0.294 e. The first kappa shape index (κ1) is 23.1. The van der Waals surface area contributed by atoms with Crippen molar-refractivity contribution >= 4 is 46.4 Å². The fourth-order valence-electron chi connectivity index (χ4n) is 3.14. The number of anilines is 1. The van der Waals surface area contributed by atoms with Crippen LogP contribution in [0.15, 0.2) is 63.9 Å². The molecule has 0 bridgehead atoms. The van der Waals surface area contributed by atoms with Gasteiger partial charge in [-0.05, 0) is 43.0 Å². The van der Waals surface area contributed by atoms with Gasteiger partial charge in [0, 0.05) is 23.3 Å². The van der Waals surface area contributed by atoms with E-state index in [9.17, 15) is 28.0 Å². The molecule has 7 nitrogen and oxygen atoms in total. The molecule has 0 aliphatic carbocycles. The maximum absolute atomic E-state index is 13.7. The second-order valence-electron chi connectivity index (χ2n) is 7.28. The van der Waals surface area contributed by atoms with E-state index < -0.39 is 35.2 Å². The van der Waals surface area contributed by atoms with E-state index in [2.05, 4.69) is 5.32 Å². The number of benzene rings is 2. The summed E-state index contributed by atoms with van der Waals surface area (Å²) in [5.74, 6) is -2.54. The van der Waals surface area contributed by atoms with Crippen molar-refractivity contribution < 1.29 is 32.4 Å². The monoisotopic (exact) mass is 482 g/mol. The number of furan rings is 1. The van der Waals surface area contributed by atoms with Gasteiger partial charge in [-0.2, -0.15) is 0 Å². The number of hydrogen-bond donors (Lipinski definition) is 1. The molecule has 172 valence electrons. The zero-order chi connectivity index (χ0) is 24.4. The van der Waals surface area contributed by atoms with Crippen molar-refractivity contribution in [1.29, 1.82) is 0 Å². The fraction of sp³-hybridized carbons (Fsp3) is 0.0833. The standard InChI is InChI=1S/C24H16F2N2O5S/c1-13(29)14-2-4-15(5-3-14)20-9-7-17(33-20)11-21-23(31)28(24(32)34-21)12-22(30)27-19-8-6-16(25)10-18(19)26/h2-11H,12H2,1H3,(H,27,30)/b21-11+. The largest absolute Gasteiger partial charge is 0.457 e. The summed E-state index contributed by atoms with van der Waals surface area (Å²) < 4.78 is 32.4. The van der Waals surface area contributed by atoms with Crippen molar-refractivity contribution in [1.82, 2.24) is 4.90 Å². The van der Waals surface area contributed by atoms with Gasteiger partial charge in [0.25, 0.3) is 11.1 Å². The third-order valence-electron chi connectivity index (χ3n) is 4.86. The molecule has 2 aromatic carbocycles. The predicted molar refractivity (Wildman–Crippen MR) is 122 cm³/mol. The molecule has 0 radical (unpaired) electrons. The van der Waals surface area contributed by atoms with Gasteiger partial charge in [0.2, 0.25) is 5.91 Å². The summed E-state index contributed by atoms with van der Waals surface area (Å²) in [6.07, 6.45) is 1.38. The van der Waals surface area contributed by atoms with E-state index in [1.165, 1.54) is 13.0 Å². The van der Waals surface area contributed by atoms with Crippen molar-refractivity contribution in [2.75, 3.05) is 11.9 Å². The lowest BCUT2D eigenvalue weighted by Gasteiger charge is -2.12. The number of thioether (sulfide) groups is 1. The lowest BCUT2D eigenvalue weighted by molar-refractivity contribution is -0.127. The van der Waals surface area contributed by atoms with Gasteiger partial charge in [-0.1, -0.05) is 24.3 Å². The molecule has 0 spiro atoms. The van der Waals surface area contributed by atoms with Crippen LogP contribution in [0.5, 0.6) is 0 Å². The Morgan fingerprint density at radius 2 is 1.79 bits per heavy atom. The lowest BCUT2D eigenvalue weighted by atomic mass is 10.1. The quantitative estimate of drug-likeness (QED) is 0.388. The SMILES string of the molecule is CC(=O)c1ccc(-c2ccc(/C=C3/SC(=O)N(CC(=O)Nc4ccc(F)cc4F)C3=O)o2)cc1. The molecule has 3 amide bonds. The van der Waals surface area contributed by atoms with Crippen LogP contribution in [-0.4, -0.2) is 34.3 Å². The van der Waals surface area contributed by atoms with E-state index >= 15 is 0 Å². The normalized spacial score (nSPS) is 14.7. The van der Waals surface area contributed by atoms with Gasteiger partial charge in [0.1, 0.15) is 29.7 Å². The van der Waals surface area contributed by atoms with E-state index in [1.807, 2.05) is 0 Å². The molecule has 1 aliphatic rings. The average molecular weight is 482 g/mol. The Morgan fingerprint density at radius 1 is 1.06 bits per heavy atom. The van der Waals surface area contributed by atoms with Crippen LogP contribution in [0.25, 0.3) is 17.4 Å². The molecule has 2 heterocycles. The molecule has 0 atom stereocenters. The van der Waals surface area contributed by atoms with Crippen molar-refractivity contribution in [2.24, 2.45) is 0 Å². The van der Waals surface area contributed by atoms with E-state index in [0.29, 0.717) is 34.9 Å². The van der Waals surface area contributed by atoms with Crippen LogP contribution in [0.1, 0.15) is 23.0 Å². The highest BCUT2D eigenvalue weighted by Crippen LogP contribution is 2.33. The van der Waals surface area contributed by atoms with Crippen LogP contribution in [0.3, 0.4) is 0 Å². The molecule has 34 heavy (non-hydrogen) atoms. The zero-order valence-corrected chi connectivity index (χ0v) is 18.4. The van der Waals surface area contributed by atoms with Gasteiger partial charge in [0.05, 0.1) is 10.6 Å². The minimum Gasteiger partial charge on any atom is -0.457 e. The number of carbonyl (C=O) groups is 4. The summed E-state index contributed by atoms with van der Waals surface area (Å²) in [5, 5.41) is 1.54.